The molecule has 0 saturated heterocycles. The van der Waals surface area contributed by atoms with Crippen LogP contribution >= 0.6 is 11.3 Å². The van der Waals surface area contributed by atoms with Gasteiger partial charge in [0.15, 0.2) is 0 Å². The van der Waals surface area contributed by atoms with Gasteiger partial charge in [-0.15, -0.1) is 11.3 Å². The summed E-state index contributed by atoms with van der Waals surface area (Å²) in [6.07, 6.45) is 3.71. The van der Waals surface area contributed by atoms with Crippen LogP contribution in [0.5, 0.6) is 0 Å². The number of nitrogens with zero attached hydrogens (tertiary/aromatic N) is 1. The molecular formula is C12H9NO2S. The molecule has 80 valence electrons. The van der Waals surface area contributed by atoms with Gasteiger partial charge < -0.3 is 5.11 Å². The molecule has 0 bridgehead atoms. The minimum atomic E-state index is -0.913. The maximum Gasteiger partial charge on any atom is 0.335 e. The molecule has 0 atom stereocenters. The molecule has 1 aromatic carbocycles. The van der Waals surface area contributed by atoms with Crippen LogP contribution in [0.3, 0.4) is 0 Å². The van der Waals surface area contributed by atoms with Crippen LogP contribution in [0.15, 0.2) is 35.2 Å². The van der Waals surface area contributed by atoms with E-state index in [0.29, 0.717) is 5.56 Å². The number of rotatable bonds is 3. The highest BCUT2D eigenvalue weighted by Gasteiger charge is 2.01. The molecule has 0 spiro atoms. The summed E-state index contributed by atoms with van der Waals surface area (Å²) >= 11 is 1.53. The Balaban J connectivity index is 2.22. The first-order valence-corrected chi connectivity index (χ1v) is 5.59. The summed E-state index contributed by atoms with van der Waals surface area (Å²) in [6.45, 7) is 0. The van der Waals surface area contributed by atoms with Crippen LogP contribution in [0.2, 0.25) is 0 Å². The van der Waals surface area contributed by atoms with E-state index in [1.54, 1.807) is 23.7 Å². The van der Waals surface area contributed by atoms with Gasteiger partial charge in [-0.1, -0.05) is 18.2 Å². The Kier molecular flexibility index (Phi) is 3.12. The number of thiazole rings is 1. The molecule has 1 heterocycles. The van der Waals surface area contributed by atoms with E-state index in [-0.39, 0.29) is 0 Å². The number of carboxylic acid groups (broad SMARTS) is 1. The van der Waals surface area contributed by atoms with Crippen molar-refractivity contribution in [2.45, 2.75) is 0 Å². The van der Waals surface area contributed by atoms with Gasteiger partial charge in [-0.25, -0.2) is 9.78 Å². The first-order valence-electron chi connectivity index (χ1n) is 4.65. The van der Waals surface area contributed by atoms with E-state index in [1.165, 1.54) is 11.3 Å². The number of aromatic carboxylic acids is 1. The maximum atomic E-state index is 10.8. The number of carboxylic acids is 1. The first-order chi connectivity index (χ1) is 7.75. The molecule has 0 aliphatic carbocycles. The highest BCUT2D eigenvalue weighted by Crippen LogP contribution is 2.10. The predicted octanol–water partition coefficient (Wildman–Crippen LogP) is 3.01. The second kappa shape index (κ2) is 4.72. The van der Waals surface area contributed by atoms with E-state index in [4.69, 9.17) is 5.11 Å². The lowest BCUT2D eigenvalue weighted by molar-refractivity contribution is 0.0697. The maximum absolute atomic E-state index is 10.8. The molecule has 16 heavy (non-hydrogen) atoms. The molecule has 0 aliphatic heterocycles. The van der Waals surface area contributed by atoms with Crippen molar-refractivity contribution in [1.82, 2.24) is 4.98 Å². The number of hydrogen-bond donors (Lipinski definition) is 1. The average molecular weight is 231 g/mol. The van der Waals surface area contributed by atoms with Crippen molar-refractivity contribution in [3.8, 4) is 0 Å². The topological polar surface area (TPSA) is 50.2 Å². The van der Waals surface area contributed by atoms with Crippen molar-refractivity contribution < 1.29 is 9.90 Å². The molecule has 0 amide bonds. The largest absolute Gasteiger partial charge is 0.478 e. The zero-order chi connectivity index (χ0) is 11.4. The normalized spacial score (nSPS) is 10.8. The zero-order valence-corrected chi connectivity index (χ0v) is 9.15. The lowest BCUT2D eigenvalue weighted by atomic mass is 10.1. The summed E-state index contributed by atoms with van der Waals surface area (Å²) in [5, 5.41) is 10.8. The Morgan fingerprint density at radius 1 is 1.38 bits per heavy atom. The summed E-state index contributed by atoms with van der Waals surface area (Å²) in [7, 11) is 0. The molecular weight excluding hydrogens is 222 g/mol. The second-order valence-corrected chi connectivity index (χ2v) is 3.90. The third-order valence-corrected chi connectivity index (χ3v) is 2.64. The fourth-order valence-corrected chi connectivity index (χ4v) is 1.78. The molecule has 0 fully saturated rings. The fraction of sp³-hybridized carbons (Fsp3) is 0. The lowest BCUT2D eigenvalue weighted by Crippen LogP contribution is -1.95. The lowest BCUT2D eigenvalue weighted by Gasteiger charge is -1.96. The number of benzene rings is 1. The van der Waals surface area contributed by atoms with Gasteiger partial charge in [0, 0.05) is 5.38 Å². The molecule has 2 aromatic rings. The summed E-state index contributed by atoms with van der Waals surface area (Å²) < 4.78 is 0. The summed E-state index contributed by atoms with van der Waals surface area (Å²) in [6, 6.07) is 6.78. The highest BCUT2D eigenvalue weighted by atomic mass is 32.1. The molecule has 0 unspecified atom stereocenters. The number of hydrogen-bond acceptors (Lipinski definition) is 3. The average Bonchev–Trinajstić information content (AvgIpc) is 2.79. The minimum Gasteiger partial charge on any atom is -0.478 e. The van der Waals surface area contributed by atoms with Crippen LogP contribution in [0.4, 0.5) is 0 Å². The van der Waals surface area contributed by atoms with Gasteiger partial charge in [0.2, 0.25) is 0 Å². The summed E-state index contributed by atoms with van der Waals surface area (Å²) in [5.41, 5.74) is 3.78. The molecule has 4 heteroatoms. The van der Waals surface area contributed by atoms with Gasteiger partial charge >= 0.3 is 5.97 Å². The standard InChI is InChI=1S/C12H9NO2S/c14-12(15)10-3-1-2-9(6-10)4-5-11-7-16-8-13-11/h1-8H,(H,14,15)/b5-4+. The minimum absolute atomic E-state index is 0.292. The van der Waals surface area contributed by atoms with Crippen molar-refractivity contribution in [2.75, 3.05) is 0 Å². The van der Waals surface area contributed by atoms with Gasteiger partial charge in [0.05, 0.1) is 16.8 Å². The van der Waals surface area contributed by atoms with Crippen molar-refractivity contribution in [1.29, 1.82) is 0 Å². The number of aromatic nitrogens is 1. The second-order valence-electron chi connectivity index (χ2n) is 3.18. The third kappa shape index (κ3) is 2.55. The monoisotopic (exact) mass is 231 g/mol. The molecule has 0 radical (unpaired) electrons. The smallest absolute Gasteiger partial charge is 0.335 e. The summed E-state index contributed by atoms with van der Waals surface area (Å²) in [5.74, 6) is -0.913. The van der Waals surface area contributed by atoms with E-state index in [1.807, 2.05) is 23.6 Å². The van der Waals surface area contributed by atoms with Gasteiger partial charge in [0.1, 0.15) is 0 Å². The van der Waals surface area contributed by atoms with Crippen LogP contribution in [0.25, 0.3) is 12.2 Å². The van der Waals surface area contributed by atoms with Crippen molar-refractivity contribution in [3.63, 3.8) is 0 Å². The third-order valence-electron chi connectivity index (χ3n) is 2.03. The van der Waals surface area contributed by atoms with Crippen LogP contribution < -0.4 is 0 Å². The highest BCUT2D eigenvalue weighted by molar-refractivity contribution is 7.07. The molecule has 3 nitrogen and oxygen atoms in total. The summed E-state index contributed by atoms with van der Waals surface area (Å²) in [4.78, 5) is 14.9. The van der Waals surface area contributed by atoms with Gasteiger partial charge in [-0.05, 0) is 23.8 Å². The van der Waals surface area contributed by atoms with E-state index in [2.05, 4.69) is 4.98 Å². The van der Waals surface area contributed by atoms with Crippen LogP contribution in [-0.2, 0) is 0 Å². The molecule has 1 aromatic heterocycles. The number of carbonyl (C=O) groups is 1. The SMILES string of the molecule is O=C(O)c1cccc(/C=C/c2cscn2)c1. The van der Waals surface area contributed by atoms with Crippen LogP contribution in [-0.4, -0.2) is 16.1 Å². The quantitative estimate of drug-likeness (QED) is 0.883. The van der Waals surface area contributed by atoms with Crippen LogP contribution in [0.1, 0.15) is 21.6 Å². The molecule has 1 N–H and O–H groups in total. The molecule has 0 aliphatic rings. The Morgan fingerprint density at radius 2 is 2.25 bits per heavy atom. The Bertz CT molecular complexity index is 518. The van der Waals surface area contributed by atoms with Crippen molar-refractivity contribution in [3.05, 3.63) is 52.0 Å². The van der Waals surface area contributed by atoms with Gasteiger partial charge in [-0.3, -0.25) is 0 Å². The molecule has 0 saturated carbocycles. The first kappa shape index (κ1) is 10.6. The van der Waals surface area contributed by atoms with E-state index < -0.39 is 5.97 Å². The van der Waals surface area contributed by atoms with E-state index in [9.17, 15) is 4.79 Å². The van der Waals surface area contributed by atoms with Crippen molar-refractivity contribution >= 4 is 29.5 Å². The van der Waals surface area contributed by atoms with Crippen molar-refractivity contribution in [2.24, 2.45) is 0 Å². The van der Waals surface area contributed by atoms with Gasteiger partial charge in [0.25, 0.3) is 0 Å². The molecule has 2 rings (SSSR count). The Labute approximate surface area is 96.7 Å². The van der Waals surface area contributed by atoms with Gasteiger partial charge in [-0.2, -0.15) is 0 Å². The van der Waals surface area contributed by atoms with E-state index >= 15 is 0 Å². The Morgan fingerprint density at radius 3 is 2.94 bits per heavy atom. The fourth-order valence-electron chi connectivity index (χ4n) is 1.26. The van der Waals surface area contributed by atoms with E-state index in [0.717, 1.165) is 11.3 Å². The van der Waals surface area contributed by atoms with Crippen LogP contribution in [0, 0.1) is 0 Å². The predicted molar refractivity (Wildman–Crippen MR) is 64.4 cm³/mol. The Hall–Kier alpha value is -1.94. The zero-order valence-electron chi connectivity index (χ0n) is 8.33.